The highest BCUT2D eigenvalue weighted by Crippen LogP contribution is 2.37. The van der Waals surface area contributed by atoms with E-state index in [0.29, 0.717) is 31.9 Å². The molecule has 0 radical (unpaired) electrons. The molecule has 1 N–H and O–H groups in total. The Labute approximate surface area is 148 Å². The summed E-state index contributed by atoms with van der Waals surface area (Å²) in [6.07, 6.45) is 6.20. The lowest BCUT2D eigenvalue weighted by Crippen LogP contribution is -2.51. The Hall–Kier alpha value is -1.45. The van der Waals surface area contributed by atoms with E-state index in [0.717, 1.165) is 25.7 Å². The van der Waals surface area contributed by atoms with E-state index in [-0.39, 0.29) is 17.4 Å². The summed E-state index contributed by atoms with van der Waals surface area (Å²) >= 11 is 0. The van der Waals surface area contributed by atoms with Crippen LogP contribution in [0.1, 0.15) is 36.2 Å². The minimum Gasteiger partial charge on any atom is -0.375 e. The van der Waals surface area contributed by atoms with E-state index in [1.807, 2.05) is 4.90 Å². The van der Waals surface area contributed by atoms with Crippen molar-refractivity contribution in [2.24, 2.45) is 13.0 Å². The van der Waals surface area contributed by atoms with Crippen molar-refractivity contribution in [2.75, 3.05) is 32.5 Å². The quantitative estimate of drug-likeness (QED) is 0.827. The number of carbonyl (C=O) groups is 1. The molecule has 1 amide bonds. The molecule has 0 aliphatic carbocycles. The summed E-state index contributed by atoms with van der Waals surface area (Å²) in [5.74, 6) is 0.239. The highest BCUT2D eigenvalue weighted by atomic mass is 32.2. The van der Waals surface area contributed by atoms with Gasteiger partial charge >= 0.3 is 0 Å². The van der Waals surface area contributed by atoms with Crippen LogP contribution in [0.25, 0.3) is 0 Å². The summed E-state index contributed by atoms with van der Waals surface area (Å²) in [4.78, 5) is 14.3. The largest absolute Gasteiger partial charge is 0.375 e. The van der Waals surface area contributed by atoms with Crippen LogP contribution in [-0.4, -0.2) is 67.1 Å². The number of hydrogen-bond acceptors (Lipinski definition) is 5. The molecule has 9 heteroatoms. The number of sulfonamides is 1. The first-order valence-corrected chi connectivity index (χ1v) is 10.5. The summed E-state index contributed by atoms with van der Waals surface area (Å²) in [5.41, 5.74) is 0.237. The predicted octanol–water partition coefficient (Wildman–Crippen LogP) is 0.371. The van der Waals surface area contributed by atoms with Gasteiger partial charge in [-0.05, 0) is 37.7 Å². The van der Waals surface area contributed by atoms with Crippen LogP contribution in [0, 0.1) is 5.92 Å². The molecule has 1 atom stereocenters. The van der Waals surface area contributed by atoms with E-state index in [9.17, 15) is 13.2 Å². The number of rotatable bonds is 4. The first-order valence-electron chi connectivity index (χ1n) is 8.64. The topological polar surface area (TPSA) is 93.5 Å². The Kier molecular flexibility index (Phi) is 5.17. The molecule has 2 saturated heterocycles. The molecular weight excluding hydrogens is 344 g/mol. The fourth-order valence-electron chi connectivity index (χ4n) is 3.73. The van der Waals surface area contributed by atoms with Crippen molar-refractivity contribution in [1.29, 1.82) is 0 Å². The Bertz CT molecular complexity index is 722. The number of nitrogens with zero attached hydrogens (tertiary/aromatic N) is 3. The molecule has 2 fully saturated rings. The summed E-state index contributed by atoms with van der Waals surface area (Å²) < 4.78 is 32.9. The lowest BCUT2D eigenvalue weighted by molar-refractivity contribution is -0.122. The SMILES string of the molecule is Cn1ccc(C(=O)N2CCC3(CC2)CC(CNS(C)(=O)=O)CCO3)n1. The van der Waals surface area contributed by atoms with Gasteiger partial charge in [0.2, 0.25) is 10.0 Å². The molecule has 0 saturated carbocycles. The average molecular weight is 370 g/mol. The number of piperidine rings is 1. The van der Waals surface area contributed by atoms with Crippen molar-refractivity contribution in [3.8, 4) is 0 Å². The second kappa shape index (κ2) is 7.05. The summed E-state index contributed by atoms with van der Waals surface area (Å²) in [5, 5.41) is 4.18. The first kappa shape index (κ1) is 18.3. The minimum atomic E-state index is -3.17. The molecular formula is C16H26N4O4S. The Morgan fingerprint density at radius 1 is 1.44 bits per heavy atom. The molecule has 3 rings (SSSR count). The first-order chi connectivity index (χ1) is 11.8. The summed E-state index contributed by atoms with van der Waals surface area (Å²) in [7, 11) is -1.37. The maximum atomic E-state index is 12.5. The van der Waals surface area contributed by atoms with Crippen molar-refractivity contribution in [3.05, 3.63) is 18.0 Å². The predicted molar refractivity (Wildman–Crippen MR) is 92.6 cm³/mol. The average Bonchev–Trinajstić information content (AvgIpc) is 2.99. The fraction of sp³-hybridized carbons (Fsp3) is 0.750. The van der Waals surface area contributed by atoms with Crippen molar-refractivity contribution in [2.45, 2.75) is 31.3 Å². The zero-order valence-corrected chi connectivity index (χ0v) is 15.6. The van der Waals surface area contributed by atoms with E-state index >= 15 is 0 Å². The van der Waals surface area contributed by atoms with Crippen LogP contribution < -0.4 is 4.72 Å². The summed E-state index contributed by atoms with van der Waals surface area (Å²) in [6.45, 7) is 2.38. The van der Waals surface area contributed by atoms with Crippen molar-refractivity contribution >= 4 is 15.9 Å². The van der Waals surface area contributed by atoms with Crippen LogP contribution in [0.3, 0.4) is 0 Å². The highest BCUT2D eigenvalue weighted by molar-refractivity contribution is 7.88. The molecule has 25 heavy (non-hydrogen) atoms. The van der Waals surface area contributed by atoms with Gasteiger partial charge in [-0.25, -0.2) is 13.1 Å². The van der Waals surface area contributed by atoms with Crippen LogP contribution in [-0.2, 0) is 21.8 Å². The Morgan fingerprint density at radius 3 is 2.76 bits per heavy atom. The maximum absolute atomic E-state index is 12.5. The van der Waals surface area contributed by atoms with Crippen LogP contribution in [0.5, 0.6) is 0 Å². The van der Waals surface area contributed by atoms with Gasteiger partial charge in [0.15, 0.2) is 0 Å². The second-order valence-corrected chi connectivity index (χ2v) is 9.01. The molecule has 3 heterocycles. The van der Waals surface area contributed by atoms with Crippen molar-refractivity contribution < 1.29 is 17.9 Å². The third kappa shape index (κ3) is 4.59. The molecule has 140 valence electrons. The number of ether oxygens (including phenoxy) is 1. The molecule has 0 bridgehead atoms. The van der Waals surface area contributed by atoms with Crippen LogP contribution in [0.15, 0.2) is 12.3 Å². The molecule has 0 aromatic carbocycles. The van der Waals surface area contributed by atoms with Crippen molar-refractivity contribution in [3.63, 3.8) is 0 Å². The number of likely N-dealkylation sites (tertiary alicyclic amines) is 1. The van der Waals surface area contributed by atoms with E-state index in [4.69, 9.17) is 4.74 Å². The molecule has 2 aliphatic heterocycles. The number of carbonyl (C=O) groups excluding carboxylic acids is 1. The third-order valence-corrected chi connectivity index (χ3v) is 5.81. The smallest absolute Gasteiger partial charge is 0.274 e. The monoisotopic (exact) mass is 370 g/mol. The van der Waals surface area contributed by atoms with Gasteiger partial charge in [-0.15, -0.1) is 0 Å². The molecule has 1 aromatic heterocycles. The number of aryl methyl sites for hydroxylation is 1. The molecule has 2 aliphatic rings. The van der Waals surface area contributed by atoms with Gasteiger partial charge in [-0.2, -0.15) is 5.10 Å². The van der Waals surface area contributed by atoms with Gasteiger partial charge in [0.05, 0.1) is 11.9 Å². The Balaban J connectivity index is 1.56. The molecule has 1 spiro atoms. The molecule has 1 unspecified atom stereocenters. The normalized spacial score (nSPS) is 23.8. The second-order valence-electron chi connectivity index (χ2n) is 7.18. The third-order valence-electron chi connectivity index (χ3n) is 5.12. The van der Waals surface area contributed by atoms with E-state index < -0.39 is 10.0 Å². The summed E-state index contributed by atoms with van der Waals surface area (Å²) in [6, 6.07) is 1.73. The van der Waals surface area contributed by atoms with Gasteiger partial charge in [0, 0.05) is 39.5 Å². The number of amides is 1. The highest BCUT2D eigenvalue weighted by Gasteiger charge is 2.41. The van der Waals surface area contributed by atoms with Crippen LogP contribution in [0.2, 0.25) is 0 Å². The van der Waals surface area contributed by atoms with Gasteiger partial charge in [0.25, 0.3) is 5.91 Å². The minimum absolute atomic E-state index is 0.0402. The fourth-order valence-corrected chi connectivity index (χ4v) is 4.27. The van der Waals surface area contributed by atoms with E-state index in [2.05, 4.69) is 9.82 Å². The number of hydrogen-bond donors (Lipinski definition) is 1. The van der Waals surface area contributed by atoms with Gasteiger partial charge in [0.1, 0.15) is 5.69 Å². The molecule has 8 nitrogen and oxygen atoms in total. The number of aromatic nitrogens is 2. The van der Waals surface area contributed by atoms with Gasteiger partial charge in [-0.3, -0.25) is 9.48 Å². The lowest BCUT2D eigenvalue weighted by atomic mass is 9.79. The van der Waals surface area contributed by atoms with E-state index in [1.54, 1.807) is 24.0 Å². The zero-order valence-electron chi connectivity index (χ0n) is 14.8. The Morgan fingerprint density at radius 2 is 2.16 bits per heavy atom. The molecule has 1 aromatic rings. The lowest BCUT2D eigenvalue weighted by Gasteiger charge is -2.46. The zero-order chi connectivity index (χ0) is 18.1. The standard InChI is InChI=1S/C16H26N4O4S/c1-19-7-3-14(18-19)15(21)20-8-5-16(6-9-20)11-13(4-10-24-16)12-17-25(2,22)23/h3,7,13,17H,4-6,8-12H2,1-2H3. The van der Waals surface area contributed by atoms with E-state index in [1.165, 1.54) is 6.26 Å². The van der Waals surface area contributed by atoms with Crippen molar-refractivity contribution in [1.82, 2.24) is 19.4 Å². The van der Waals surface area contributed by atoms with Gasteiger partial charge < -0.3 is 9.64 Å². The van der Waals surface area contributed by atoms with Crippen LogP contribution >= 0.6 is 0 Å². The van der Waals surface area contributed by atoms with Crippen LogP contribution in [0.4, 0.5) is 0 Å². The number of nitrogens with one attached hydrogen (secondary N) is 1. The maximum Gasteiger partial charge on any atom is 0.274 e. The van der Waals surface area contributed by atoms with Gasteiger partial charge in [-0.1, -0.05) is 0 Å².